The van der Waals surface area contributed by atoms with Gasteiger partial charge in [0.2, 0.25) is 0 Å². The van der Waals surface area contributed by atoms with Crippen LogP contribution in [-0.4, -0.2) is 33.1 Å². The molecule has 0 unspecified atom stereocenters. The van der Waals surface area contributed by atoms with Gasteiger partial charge in [-0.3, -0.25) is 15.0 Å². The van der Waals surface area contributed by atoms with Gasteiger partial charge in [0, 0.05) is 10.4 Å². The number of amides is 1. The molecule has 1 N–H and O–H groups in total. The van der Waals surface area contributed by atoms with Crippen LogP contribution in [0.2, 0.25) is 0 Å². The van der Waals surface area contributed by atoms with E-state index in [9.17, 15) is 14.4 Å². The fourth-order valence-electron chi connectivity index (χ4n) is 3.41. The van der Waals surface area contributed by atoms with Crippen LogP contribution in [0.3, 0.4) is 0 Å². The molecular weight excluding hydrogens is 428 g/mol. The summed E-state index contributed by atoms with van der Waals surface area (Å²) in [5, 5.41) is 0.447. The summed E-state index contributed by atoms with van der Waals surface area (Å²) >= 11 is 1.43. The monoisotopic (exact) mass is 448 g/mol. The molecule has 3 aromatic heterocycles. The predicted octanol–water partition coefficient (Wildman–Crippen LogP) is 3.70. The van der Waals surface area contributed by atoms with Gasteiger partial charge < -0.3 is 4.74 Å². The highest BCUT2D eigenvalue weighted by atomic mass is 32.1. The lowest BCUT2D eigenvalue weighted by Gasteiger charge is -2.10. The molecular formula is C23H20N4O4S. The van der Waals surface area contributed by atoms with E-state index in [0.29, 0.717) is 15.9 Å². The number of esters is 1. The lowest BCUT2D eigenvalue weighted by atomic mass is 10.0. The first kappa shape index (κ1) is 21.4. The van der Waals surface area contributed by atoms with Crippen LogP contribution in [-0.2, 0) is 4.74 Å². The van der Waals surface area contributed by atoms with Crippen molar-refractivity contribution in [2.45, 2.75) is 20.8 Å². The number of benzene rings is 1. The van der Waals surface area contributed by atoms with Crippen molar-refractivity contribution in [2.75, 3.05) is 12.0 Å². The molecule has 0 atom stereocenters. The van der Waals surface area contributed by atoms with Crippen LogP contribution in [0.25, 0.3) is 21.3 Å². The average Bonchev–Trinajstić information content (AvgIpc) is 3.13. The number of thiophene rings is 1. The summed E-state index contributed by atoms with van der Waals surface area (Å²) in [5.74, 6) is -1.10. The van der Waals surface area contributed by atoms with E-state index in [2.05, 4.69) is 15.4 Å². The number of carbonyl (C=O) groups excluding carboxylic acids is 2. The Kier molecular flexibility index (Phi) is 5.83. The van der Waals surface area contributed by atoms with E-state index < -0.39 is 11.9 Å². The van der Waals surface area contributed by atoms with E-state index in [1.54, 1.807) is 13.8 Å². The molecule has 8 nitrogen and oxygen atoms in total. The molecule has 0 fully saturated rings. The van der Waals surface area contributed by atoms with Gasteiger partial charge in [-0.05, 0) is 38.5 Å². The minimum absolute atomic E-state index is 0.0623. The number of hydrogen-bond acceptors (Lipinski definition) is 7. The summed E-state index contributed by atoms with van der Waals surface area (Å²) in [6.07, 6.45) is 1.28. The highest BCUT2D eigenvalue weighted by Gasteiger charge is 2.19. The summed E-state index contributed by atoms with van der Waals surface area (Å²) in [7, 11) is 0. The number of nitrogens with one attached hydrogen (secondary N) is 1. The zero-order valence-corrected chi connectivity index (χ0v) is 18.5. The third kappa shape index (κ3) is 3.90. The number of carbonyl (C=O) groups is 2. The Bertz CT molecular complexity index is 1390. The van der Waals surface area contributed by atoms with Gasteiger partial charge in [0.1, 0.15) is 16.9 Å². The molecule has 0 spiro atoms. The van der Waals surface area contributed by atoms with Crippen LogP contribution in [0.4, 0.5) is 0 Å². The maximum Gasteiger partial charge on any atom is 0.339 e. The molecule has 0 radical (unpaired) electrons. The summed E-state index contributed by atoms with van der Waals surface area (Å²) in [6, 6.07) is 12.5. The fourth-order valence-corrected chi connectivity index (χ4v) is 4.42. The van der Waals surface area contributed by atoms with Crippen LogP contribution in [0.1, 0.15) is 38.3 Å². The first-order valence-corrected chi connectivity index (χ1v) is 10.7. The van der Waals surface area contributed by atoms with Gasteiger partial charge in [-0.2, -0.15) is 0 Å². The van der Waals surface area contributed by atoms with Crippen LogP contribution in [0, 0.1) is 13.8 Å². The molecule has 0 aliphatic carbocycles. The molecule has 0 bridgehead atoms. The number of aryl methyl sites for hydroxylation is 2. The Labute approximate surface area is 187 Å². The first-order chi connectivity index (χ1) is 15.4. The van der Waals surface area contributed by atoms with Gasteiger partial charge in [0.05, 0.1) is 23.3 Å². The second kappa shape index (κ2) is 8.72. The maximum absolute atomic E-state index is 13.2. The van der Waals surface area contributed by atoms with Crippen LogP contribution in [0.5, 0.6) is 0 Å². The number of ether oxygens (including phenoxy) is 1. The minimum Gasteiger partial charge on any atom is -0.462 e. The van der Waals surface area contributed by atoms with Crippen molar-refractivity contribution >= 4 is 33.4 Å². The zero-order valence-electron chi connectivity index (χ0n) is 17.7. The number of pyridine rings is 1. The Balaban J connectivity index is 1.69. The molecule has 0 saturated heterocycles. The summed E-state index contributed by atoms with van der Waals surface area (Å²) in [5.41, 5.74) is 4.57. The van der Waals surface area contributed by atoms with Crippen molar-refractivity contribution < 1.29 is 14.3 Å². The van der Waals surface area contributed by atoms with Crippen molar-refractivity contribution in [3.05, 3.63) is 81.0 Å². The molecule has 32 heavy (non-hydrogen) atoms. The number of aromatic nitrogens is 3. The van der Waals surface area contributed by atoms with E-state index in [1.165, 1.54) is 29.8 Å². The Morgan fingerprint density at radius 3 is 2.56 bits per heavy atom. The van der Waals surface area contributed by atoms with E-state index in [4.69, 9.17) is 4.74 Å². The number of rotatable bonds is 5. The third-order valence-electron chi connectivity index (χ3n) is 4.89. The molecule has 3 heterocycles. The average molecular weight is 449 g/mol. The molecule has 4 aromatic rings. The van der Waals surface area contributed by atoms with Gasteiger partial charge in [-0.25, -0.2) is 19.4 Å². The smallest absolute Gasteiger partial charge is 0.339 e. The zero-order chi connectivity index (χ0) is 22.8. The quantitative estimate of drug-likeness (QED) is 0.467. The summed E-state index contributed by atoms with van der Waals surface area (Å²) < 4.78 is 6.03. The van der Waals surface area contributed by atoms with Crippen LogP contribution < -0.4 is 11.0 Å². The topological polar surface area (TPSA) is 103 Å². The Morgan fingerprint density at radius 2 is 1.88 bits per heavy atom. The van der Waals surface area contributed by atoms with Crippen molar-refractivity contribution in [3.8, 4) is 11.1 Å². The van der Waals surface area contributed by atoms with Crippen molar-refractivity contribution in [1.82, 2.24) is 14.6 Å². The van der Waals surface area contributed by atoms with Gasteiger partial charge in [0.15, 0.2) is 0 Å². The van der Waals surface area contributed by atoms with Crippen LogP contribution in [0.15, 0.2) is 53.6 Å². The molecule has 1 aromatic carbocycles. The first-order valence-electron chi connectivity index (χ1n) is 9.93. The standard InChI is InChI=1S/C23H20N4O4S/c1-4-31-23(30)16-10-11-17(25-13(16)2)20(28)26-27-12-24-21-19(22(27)29)18(14(3)32-21)15-8-6-5-7-9-15/h5-12H,4H2,1-3H3,(H,26,28). The molecule has 0 aliphatic heterocycles. The molecule has 1 amide bonds. The van der Waals surface area contributed by atoms with Gasteiger partial charge >= 0.3 is 5.97 Å². The second-order valence-electron chi connectivity index (χ2n) is 6.99. The molecule has 0 saturated carbocycles. The fraction of sp³-hybridized carbons (Fsp3) is 0.174. The van der Waals surface area contributed by atoms with E-state index >= 15 is 0 Å². The van der Waals surface area contributed by atoms with Crippen molar-refractivity contribution in [2.24, 2.45) is 0 Å². The molecule has 0 aliphatic rings. The van der Waals surface area contributed by atoms with E-state index in [0.717, 1.165) is 20.7 Å². The second-order valence-corrected chi connectivity index (χ2v) is 8.19. The molecule has 9 heteroatoms. The Hall–Kier alpha value is -3.85. The highest BCUT2D eigenvalue weighted by Crippen LogP contribution is 2.35. The lowest BCUT2D eigenvalue weighted by molar-refractivity contribution is 0.0524. The summed E-state index contributed by atoms with van der Waals surface area (Å²) in [6.45, 7) is 5.51. The predicted molar refractivity (Wildman–Crippen MR) is 123 cm³/mol. The largest absolute Gasteiger partial charge is 0.462 e. The lowest BCUT2D eigenvalue weighted by Crippen LogP contribution is -2.33. The van der Waals surface area contributed by atoms with Gasteiger partial charge in [-0.1, -0.05) is 30.3 Å². The summed E-state index contributed by atoms with van der Waals surface area (Å²) in [4.78, 5) is 48.0. The van der Waals surface area contributed by atoms with Crippen molar-refractivity contribution in [1.29, 1.82) is 0 Å². The molecule has 4 rings (SSSR count). The Morgan fingerprint density at radius 1 is 1.12 bits per heavy atom. The third-order valence-corrected chi connectivity index (χ3v) is 5.90. The molecule has 162 valence electrons. The number of hydrogen-bond donors (Lipinski definition) is 1. The maximum atomic E-state index is 13.2. The van der Waals surface area contributed by atoms with E-state index in [1.807, 2.05) is 37.3 Å². The SMILES string of the molecule is CCOC(=O)c1ccc(C(=O)Nn2cnc3sc(C)c(-c4ccccc4)c3c2=O)nc1C. The highest BCUT2D eigenvalue weighted by molar-refractivity contribution is 7.19. The van der Waals surface area contributed by atoms with E-state index in [-0.39, 0.29) is 23.4 Å². The normalized spacial score (nSPS) is 10.8. The van der Waals surface area contributed by atoms with Crippen LogP contribution >= 0.6 is 11.3 Å². The number of fused-ring (bicyclic) bond motifs is 1. The van der Waals surface area contributed by atoms with Gasteiger partial charge in [0.25, 0.3) is 11.5 Å². The minimum atomic E-state index is -0.597. The van der Waals surface area contributed by atoms with Gasteiger partial charge in [-0.15, -0.1) is 11.3 Å². The number of nitrogens with zero attached hydrogens (tertiary/aromatic N) is 3. The van der Waals surface area contributed by atoms with Crippen molar-refractivity contribution in [3.63, 3.8) is 0 Å².